The van der Waals surface area contributed by atoms with Crippen molar-refractivity contribution in [2.45, 2.75) is 6.54 Å². The van der Waals surface area contributed by atoms with Crippen LogP contribution in [0.1, 0.15) is 5.56 Å². The van der Waals surface area contributed by atoms with Crippen LogP contribution in [0.25, 0.3) is 11.0 Å². The van der Waals surface area contributed by atoms with E-state index in [9.17, 15) is 0 Å². The third kappa shape index (κ3) is 2.22. The minimum absolute atomic E-state index is 0. The molecule has 0 spiro atoms. The van der Waals surface area contributed by atoms with Crippen LogP contribution >= 0.6 is 0 Å². The standard InChI is InChI=1S/C14H14N4.ClH/c15-14-17(10-11-6-2-1-3-7-11)12-8-4-5-9-13(12)18(14)16;/h1-9,15H,10,16H2;1H. The number of halogens is 1. The van der Waals surface area contributed by atoms with Gasteiger partial charge < -0.3 is 12.4 Å². The van der Waals surface area contributed by atoms with Gasteiger partial charge in [0.1, 0.15) is 5.52 Å². The zero-order valence-corrected chi connectivity index (χ0v) is 11.1. The summed E-state index contributed by atoms with van der Waals surface area (Å²) in [6, 6.07) is 18.1. The van der Waals surface area contributed by atoms with Crippen LogP contribution in [0.5, 0.6) is 0 Å². The highest BCUT2D eigenvalue weighted by molar-refractivity contribution is 5.73. The topological polar surface area (TPSA) is 60.9 Å². The summed E-state index contributed by atoms with van der Waals surface area (Å²) in [4.78, 5) is 0. The van der Waals surface area contributed by atoms with Crippen LogP contribution in [0.4, 0.5) is 5.95 Å². The summed E-state index contributed by atoms with van der Waals surface area (Å²) < 4.78 is 3.54. The fraction of sp³-hybridized carbons (Fsp3) is 0.0714. The largest absolute Gasteiger partial charge is 1.00 e. The van der Waals surface area contributed by atoms with Gasteiger partial charge in [0.2, 0.25) is 0 Å². The van der Waals surface area contributed by atoms with Crippen molar-refractivity contribution in [3.63, 3.8) is 0 Å². The molecule has 3 aromatic rings. The van der Waals surface area contributed by atoms with E-state index in [-0.39, 0.29) is 12.4 Å². The van der Waals surface area contributed by atoms with Gasteiger partial charge in [0.25, 0.3) is 0 Å². The maximum absolute atomic E-state index is 6.06. The highest BCUT2D eigenvalue weighted by atomic mass is 35.5. The van der Waals surface area contributed by atoms with Crippen LogP contribution in [-0.2, 0) is 6.54 Å². The Morgan fingerprint density at radius 3 is 2.32 bits per heavy atom. The SMILES string of the molecule is Nc1n(N)c2ccccc2[n+]1Cc1ccccc1.[Cl-]. The van der Waals surface area contributed by atoms with E-state index in [1.165, 1.54) is 10.2 Å². The molecule has 2 aromatic carbocycles. The highest BCUT2D eigenvalue weighted by Crippen LogP contribution is 2.13. The molecule has 0 fully saturated rings. The van der Waals surface area contributed by atoms with Gasteiger partial charge in [0.15, 0.2) is 5.52 Å². The van der Waals surface area contributed by atoms with Crippen molar-refractivity contribution in [3.8, 4) is 0 Å². The van der Waals surface area contributed by atoms with E-state index in [0.717, 1.165) is 17.6 Å². The van der Waals surface area contributed by atoms with Crippen molar-refractivity contribution < 1.29 is 17.0 Å². The number of aromatic nitrogens is 2. The number of fused-ring (bicyclic) bond motifs is 1. The first-order chi connectivity index (χ1) is 8.77. The summed E-state index contributed by atoms with van der Waals surface area (Å²) in [5.74, 6) is 6.52. The van der Waals surface area contributed by atoms with Crippen molar-refractivity contribution in [3.05, 3.63) is 60.2 Å². The van der Waals surface area contributed by atoms with Gasteiger partial charge >= 0.3 is 5.95 Å². The maximum Gasteiger partial charge on any atom is 0.378 e. The molecule has 0 saturated heterocycles. The fourth-order valence-electron chi connectivity index (χ4n) is 2.21. The van der Waals surface area contributed by atoms with E-state index in [0.29, 0.717) is 5.95 Å². The summed E-state index contributed by atoms with van der Waals surface area (Å²) >= 11 is 0. The molecule has 0 saturated carbocycles. The van der Waals surface area contributed by atoms with Gasteiger partial charge in [-0.25, -0.2) is 4.57 Å². The average molecular weight is 275 g/mol. The second-order valence-electron chi connectivity index (χ2n) is 4.29. The number of imidazole rings is 1. The van der Waals surface area contributed by atoms with E-state index in [1.54, 1.807) is 0 Å². The Kier molecular flexibility index (Phi) is 3.62. The number of nitrogens with two attached hydrogens (primary N) is 2. The van der Waals surface area contributed by atoms with Crippen molar-refractivity contribution >= 4 is 17.0 Å². The molecule has 0 atom stereocenters. The lowest BCUT2D eigenvalue weighted by Gasteiger charge is -2.00. The zero-order chi connectivity index (χ0) is 12.5. The number of hydrogen-bond acceptors (Lipinski definition) is 2. The third-order valence-corrected chi connectivity index (χ3v) is 3.14. The minimum atomic E-state index is 0. The van der Waals surface area contributed by atoms with Gasteiger partial charge in [-0.15, -0.1) is 4.68 Å². The number of para-hydroxylation sites is 2. The van der Waals surface area contributed by atoms with Crippen molar-refractivity contribution in [1.82, 2.24) is 4.68 Å². The van der Waals surface area contributed by atoms with Gasteiger partial charge in [0.05, 0.1) is 6.54 Å². The quantitative estimate of drug-likeness (QED) is 0.431. The number of hydrogen-bond donors (Lipinski definition) is 2. The van der Waals surface area contributed by atoms with E-state index in [2.05, 4.69) is 12.1 Å². The highest BCUT2D eigenvalue weighted by Gasteiger charge is 2.18. The molecule has 3 rings (SSSR count). The normalized spacial score (nSPS) is 10.3. The first-order valence-electron chi connectivity index (χ1n) is 5.85. The molecule has 5 heteroatoms. The molecule has 98 valence electrons. The van der Waals surface area contributed by atoms with Crippen LogP contribution < -0.4 is 28.6 Å². The molecule has 0 aliphatic rings. The molecule has 4 nitrogen and oxygen atoms in total. The van der Waals surface area contributed by atoms with Crippen LogP contribution in [-0.4, -0.2) is 4.68 Å². The van der Waals surface area contributed by atoms with Gasteiger partial charge in [-0.1, -0.05) is 42.5 Å². The zero-order valence-electron chi connectivity index (χ0n) is 10.3. The Morgan fingerprint density at radius 1 is 0.947 bits per heavy atom. The lowest BCUT2D eigenvalue weighted by Crippen LogP contribution is -3.00. The van der Waals surface area contributed by atoms with Gasteiger partial charge in [-0.3, -0.25) is 11.6 Å². The molecule has 0 bridgehead atoms. The number of rotatable bonds is 2. The third-order valence-electron chi connectivity index (χ3n) is 3.14. The molecule has 0 unspecified atom stereocenters. The van der Waals surface area contributed by atoms with E-state index < -0.39 is 0 Å². The predicted octanol–water partition coefficient (Wildman–Crippen LogP) is -1.72. The Labute approximate surface area is 117 Å². The van der Waals surface area contributed by atoms with E-state index in [4.69, 9.17) is 11.6 Å². The monoisotopic (exact) mass is 274 g/mol. The van der Waals surface area contributed by atoms with Crippen LogP contribution in [0.15, 0.2) is 54.6 Å². The molecule has 1 aromatic heterocycles. The molecule has 0 aliphatic heterocycles. The predicted molar refractivity (Wildman–Crippen MR) is 72.2 cm³/mol. The molecule has 4 N–H and O–H groups in total. The van der Waals surface area contributed by atoms with Gasteiger partial charge in [-0.05, 0) is 17.7 Å². The number of anilines is 1. The number of benzene rings is 2. The Balaban J connectivity index is 0.00000133. The average Bonchev–Trinajstić information content (AvgIpc) is 2.66. The number of nitrogen functional groups attached to an aromatic ring is 2. The van der Waals surface area contributed by atoms with Gasteiger partial charge in [-0.2, -0.15) is 0 Å². The second-order valence-corrected chi connectivity index (χ2v) is 4.29. The number of nitrogens with zero attached hydrogens (tertiary/aromatic N) is 2. The lowest BCUT2D eigenvalue weighted by atomic mass is 10.2. The molecular formula is C14H15ClN4. The maximum atomic E-state index is 6.06. The molecule has 0 amide bonds. The van der Waals surface area contributed by atoms with Crippen molar-refractivity contribution in [2.24, 2.45) is 0 Å². The Bertz CT molecular complexity index is 691. The molecule has 0 radical (unpaired) electrons. The molecule has 1 heterocycles. The fourth-order valence-corrected chi connectivity index (χ4v) is 2.21. The molecular weight excluding hydrogens is 260 g/mol. The smallest absolute Gasteiger partial charge is 0.378 e. The van der Waals surface area contributed by atoms with Crippen molar-refractivity contribution in [1.29, 1.82) is 0 Å². The summed E-state index contributed by atoms with van der Waals surface area (Å²) in [5.41, 5.74) is 9.24. The van der Waals surface area contributed by atoms with Crippen LogP contribution in [0.2, 0.25) is 0 Å². The molecule has 19 heavy (non-hydrogen) atoms. The molecule has 0 aliphatic carbocycles. The van der Waals surface area contributed by atoms with E-state index in [1.807, 2.05) is 47.0 Å². The Hall–Kier alpha value is -2.20. The van der Waals surface area contributed by atoms with E-state index >= 15 is 0 Å². The Morgan fingerprint density at radius 2 is 1.58 bits per heavy atom. The summed E-state index contributed by atoms with van der Waals surface area (Å²) in [6.07, 6.45) is 0. The first kappa shape index (κ1) is 13.2. The summed E-state index contributed by atoms with van der Waals surface area (Å²) in [5, 5.41) is 0. The first-order valence-corrected chi connectivity index (χ1v) is 5.85. The van der Waals surface area contributed by atoms with Crippen LogP contribution in [0, 0.1) is 0 Å². The lowest BCUT2D eigenvalue weighted by molar-refractivity contribution is -0.648. The van der Waals surface area contributed by atoms with Crippen molar-refractivity contribution in [2.75, 3.05) is 11.6 Å². The van der Waals surface area contributed by atoms with Crippen LogP contribution in [0.3, 0.4) is 0 Å². The minimum Gasteiger partial charge on any atom is -1.00 e. The second kappa shape index (κ2) is 5.20. The summed E-state index contributed by atoms with van der Waals surface area (Å²) in [6.45, 7) is 0.720. The van der Waals surface area contributed by atoms with Gasteiger partial charge in [0, 0.05) is 0 Å². The summed E-state index contributed by atoms with van der Waals surface area (Å²) in [7, 11) is 0.